The SMILES string of the molecule is N#Cc1ccc(-c2nc3ccccc3nc2-c2cc(-c3ccccc3)nc(-c3ccc(-c4ccccc4)cc3)c2)cc1. The van der Waals surface area contributed by atoms with Crippen LogP contribution in [-0.2, 0) is 0 Å². The van der Waals surface area contributed by atoms with Crippen LogP contribution in [-0.4, -0.2) is 15.0 Å². The number of nitriles is 1. The van der Waals surface area contributed by atoms with Gasteiger partial charge in [-0.15, -0.1) is 0 Å². The Morgan fingerprint density at radius 1 is 0.381 bits per heavy atom. The summed E-state index contributed by atoms with van der Waals surface area (Å²) in [6.07, 6.45) is 0. The van der Waals surface area contributed by atoms with Crippen molar-refractivity contribution in [3.05, 3.63) is 151 Å². The van der Waals surface area contributed by atoms with Crippen LogP contribution in [0.25, 0.3) is 67.2 Å². The highest BCUT2D eigenvalue weighted by Crippen LogP contribution is 2.35. The molecule has 0 aliphatic rings. The van der Waals surface area contributed by atoms with E-state index in [-0.39, 0.29) is 0 Å². The lowest BCUT2D eigenvalue weighted by Gasteiger charge is -2.14. The first-order valence-corrected chi connectivity index (χ1v) is 13.8. The lowest BCUT2D eigenvalue weighted by molar-refractivity contribution is 1.27. The molecule has 7 aromatic rings. The third-order valence-electron chi connectivity index (χ3n) is 7.31. The van der Waals surface area contributed by atoms with E-state index in [9.17, 15) is 5.26 Å². The maximum absolute atomic E-state index is 9.35. The molecule has 0 amide bonds. The molecule has 0 aliphatic carbocycles. The zero-order chi connectivity index (χ0) is 28.3. The molecule has 0 saturated heterocycles. The van der Waals surface area contributed by atoms with Gasteiger partial charge in [-0.1, -0.05) is 109 Å². The summed E-state index contributed by atoms with van der Waals surface area (Å²) in [7, 11) is 0. The normalized spacial score (nSPS) is 10.8. The number of hydrogen-bond acceptors (Lipinski definition) is 4. The van der Waals surface area contributed by atoms with Gasteiger partial charge < -0.3 is 0 Å². The molecule has 4 heteroatoms. The molecule has 5 aromatic carbocycles. The minimum absolute atomic E-state index is 0.602. The quantitative estimate of drug-likeness (QED) is 0.220. The number of rotatable bonds is 5. The van der Waals surface area contributed by atoms with Crippen molar-refractivity contribution >= 4 is 11.0 Å². The first-order chi connectivity index (χ1) is 20.7. The van der Waals surface area contributed by atoms with Gasteiger partial charge in [-0.05, 0) is 47.5 Å². The van der Waals surface area contributed by atoms with E-state index in [0.29, 0.717) is 5.56 Å². The van der Waals surface area contributed by atoms with Gasteiger partial charge in [0.2, 0.25) is 0 Å². The van der Waals surface area contributed by atoms with E-state index in [4.69, 9.17) is 15.0 Å². The smallest absolute Gasteiger partial charge is 0.0991 e. The topological polar surface area (TPSA) is 62.5 Å². The molecule has 196 valence electrons. The molecular formula is C38H24N4. The summed E-state index contributed by atoms with van der Waals surface area (Å²) in [5.74, 6) is 0. The van der Waals surface area contributed by atoms with Crippen LogP contribution in [0.2, 0.25) is 0 Å². The average Bonchev–Trinajstić information content (AvgIpc) is 3.08. The van der Waals surface area contributed by atoms with E-state index in [1.165, 1.54) is 5.56 Å². The van der Waals surface area contributed by atoms with Gasteiger partial charge in [0.1, 0.15) is 0 Å². The molecule has 2 heterocycles. The Balaban J connectivity index is 1.43. The third-order valence-corrected chi connectivity index (χ3v) is 7.31. The number of benzene rings is 5. The number of pyridine rings is 1. The van der Waals surface area contributed by atoms with Crippen molar-refractivity contribution in [1.82, 2.24) is 15.0 Å². The van der Waals surface area contributed by atoms with Crippen LogP contribution in [0.3, 0.4) is 0 Å². The molecule has 0 N–H and O–H groups in total. The van der Waals surface area contributed by atoms with Crippen molar-refractivity contribution in [2.45, 2.75) is 0 Å². The van der Waals surface area contributed by atoms with Crippen LogP contribution in [0.5, 0.6) is 0 Å². The zero-order valence-corrected chi connectivity index (χ0v) is 22.6. The molecule has 0 aliphatic heterocycles. The largest absolute Gasteiger partial charge is 0.248 e. The average molecular weight is 537 g/mol. The van der Waals surface area contributed by atoms with Gasteiger partial charge in [0.05, 0.1) is 45.4 Å². The highest BCUT2D eigenvalue weighted by atomic mass is 14.8. The van der Waals surface area contributed by atoms with Crippen molar-refractivity contribution in [2.75, 3.05) is 0 Å². The van der Waals surface area contributed by atoms with Gasteiger partial charge in [0, 0.05) is 22.3 Å². The number of para-hydroxylation sites is 2. The van der Waals surface area contributed by atoms with Crippen LogP contribution in [0, 0.1) is 11.3 Å². The molecule has 0 fully saturated rings. The Bertz CT molecular complexity index is 2060. The molecular weight excluding hydrogens is 512 g/mol. The monoisotopic (exact) mass is 536 g/mol. The lowest BCUT2D eigenvalue weighted by Crippen LogP contribution is -1.98. The number of hydrogen-bond donors (Lipinski definition) is 0. The Labute approximate surface area is 244 Å². The predicted octanol–water partition coefficient (Wildman–Crippen LogP) is 9.23. The van der Waals surface area contributed by atoms with Crippen molar-refractivity contribution in [2.24, 2.45) is 0 Å². The van der Waals surface area contributed by atoms with E-state index in [0.717, 1.165) is 61.6 Å². The highest BCUT2D eigenvalue weighted by Gasteiger charge is 2.17. The standard InChI is InChI=1S/C38H24N4/c39-25-26-15-17-31(18-16-26)37-38(42-34-14-8-7-13-33(34)41-37)32-23-35(29-11-5-2-6-12-29)40-36(24-32)30-21-19-28(20-22-30)27-9-3-1-4-10-27/h1-24H. The van der Waals surface area contributed by atoms with Crippen molar-refractivity contribution < 1.29 is 0 Å². The van der Waals surface area contributed by atoms with Gasteiger partial charge in [-0.3, -0.25) is 0 Å². The Morgan fingerprint density at radius 3 is 1.38 bits per heavy atom. The number of fused-ring (bicyclic) bond motifs is 1. The van der Waals surface area contributed by atoms with Gasteiger partial charge in [-0.2, -0.15) is 5.26 Å². The van der Waals surface area contributed by atoms with Gasteiger partial charge in [0.25, 0.3) is 0 Å². The first-order valence-electron chi connectivity index (χ1n) is 13.8. The fourth-order valence-corrected chi connectivity index (χ4v) is 5.14. The summed E-state index contributed by atoms with van der Waals surface area (Å²) in [5, 5.41) is 9.35. The molecule has 0 spiro atoms. The maximum Gasteiger partial charge on any atom is 0.0991 e. The summed E-state index contributed by atoms with van der Waals surface area (Å²) in [5.41, 5.74) is 11.7. The van der Waals surface area contributed by atoms with Gasteiger partial charge in [0.15, 0.2) is 0 Å². The molecule has 4 nitrogen and oxygen atoms in total. The van der Waals surface area contributed by atoms with Crippen LogP contribution in [0.4, 0.5) is 0 Å². The van der Waals surface area contributed by atoms with E-state index in [1.807, 2.05) is 72.8 Å². The maximum atomic E-state index is 9.35. The van der Waals surface area contributed by atoms with Crippen molar-refractivity contribution in [3.8, 4) is 62.2 Å². The second-order valence-electron chi connectivity index (χ2n) is 10.0. The summed E-state index contributed by atoms with van der Waals surface area (Å²) in [6, 6.07) is 50.9. The Hall–Kier alpha value is -5.92. The zero-order valence-electron chi connectivity index (χ0n) is 22.6. The number of nitrogens with zero attached hydrogens (tertiary/aromatic N) is 4. The van der Waals surface area contributed by atoms with Gasteiger partial charge >= 0.3 is 0 Å². The molecule has 2 aromatic heterocycles. The van der Waals surface area contributed by atoms with Crippen LogP contribution in [0.1, 0.15) is 5.56 Å². The first kappa shape index (κ1) is 25.1. The van der Waals surface area contributed by atoms with Crippen LogP contribution >= 0.6 is 0 Å². The van der Waals surface area contributed by atoms with Crippen LogP contribution in [0.15, 0.2) is 146 Å². The molecule has 0 bridgehead atoms. The fourth-order valence-electron chi connectivity index (χ4n) is 5.14. The second-order valence-corrected chi connectivity index (χ2v) is 10.0. The third kappa shape index (κ3) is 4.92. The molecule has 0 unspecified atom stereocenters. The summed E-state index contributed by atoms with van der Waals surface area (Å²) in [6.45, 7) is 0. The Kier molecular flexibility index (Phi) is 6.52. The predicted molar refractivity (Wildman–Crippen MR) is 169 cm³/mol. The molecule has 0 radical (unpaired) electrons. The van der Waals surface area contributed by atoms with Crippen LogP contribution < -0.4 is 0 Å². The minimum Gasteiger partial charge on any atom is -0.248 e. The molecule has 0 saturated carbocycles. The molecule has 42 heavy (non-hydrogen) atoms. The summed E-state index contributed by atoms with van der Waals surface area (Å²) < 4.78 is 0. The summed E-state index contributed by atoms with van der Waals surface area (Å²) in [4.78, 5) is 15.3. The Morgan fingerprint density at radius 2 is 0.810 bits per heavy atom. The van der Waals surface area contributed by atoms with E-state index >= 15 is 0 Å². The minimum atomic E-state index is 0.602. The van der Waals surface area contributed by atoms with E-state index in [1.54, 1.807) is 0 Å². The van der Waals surface area contributed by atoms with Gasteiger partial charge in [-0.25, -0.2) is 15.0 Å². The fraction of sp³-hybridized carbons (Fsp3) is 0. The van der Waals surface area contributed by atoms with Crippen molar-refractivity contribution in [3.63, 3.8) is 0 Å². The van der Waals surface area contributed by atoms with E-state index in [2.05, 4.69) is 78.9 Å². The highest BCUT2D eigenvalue weighted by molar-refractivity contribution is 5.88. The summed E-state index contributed by atoms with van der Waals surface area (Å²) >= 11 is 0. The number of aromatic nitrogens is 3. The lowest BCUT2D eigenvalue weighted by atomic mass is 9.98. The second kappa shape index (κ2) is 10.9. The van der Waals surface area contributed by atoms with Crippen molar-refractivity contribution in [1.29, 1.82) is 5.26 Å². The molecule has 0 atom stereocenters. The van der Waals surface area contributed by atoms with E-state index < -0.39 is 0 Å². The molecule has 7 rings (SSSR count).